The average molecular weight is 306 g/mol. The third-order valence-corrected chi connectivity index (χ3v) is 3.68. The molecule has 0 aliphatic carbocycles. The Kier molecular flexibility index (Phi) is 5.27. The van der Waals surface area contributed by atoms with Crippen LogP contribution in [0.2, 0.25) is 0 Å². The summed E-state index contributed by atoms with van der Waals surface area (Å²) in [5.41, 5.74) is 0.613. The summed E-state index contributed by atoms with van der Waals surface area (Å²) in [5.74, 6) is 1.16. The van der Waals surface area contributed by atoms with Gasteiger partial charge in [0, 0.05) is 24.8 Å². The normalized spacial score (nSPS) is 16.5. The number of hydrogen-bond donors (Lipinski definition) is 0. The van der Waals surface area contributed by atoms with Gasteiger partial charge in [-0.3, -0.25) is 0 Å². The Hall–Kier alpha value is -1.78. The molecule has 5 heteroatoms. The lowest BCUT2D eigenvalue weighted by Gasteiger charge is -2.33. The minimum atomic E-state index is -0.437. The van der Waals surface area contributed by atoms with Gasteiger partial charge in [-0.1, -0.05) is 6.07 Å². The molecule has 1 amide bonds. The van der Waals surface area contributed by atoms with Crippen LogP contribution in [0.1, 0.15) is 39.2 Å². The number of nitrogens with zero attached hydrogens (tertiary/aromatic N) is 2. The Bertz CT molecular complexity index is 503. The van der Waals surface area contributed by atoms with Gasteiger partial charge in [0.05, 0.1) is 6.61 Å². The molecule has 0 N–H and O–H groups in total. The van der Waals surface area contributed by atoms with Crippen molar-refractivity contribution in [2.75, 3.05) is 19.7 Å². The van der Waals surface area contributed by atoms with Gasteiger partial charge in [-0.2, -0.15) is 0 Å². The molecule has 122 valence electrons. The molecule has 5 nitrogen and oxygen atoms in total. The Morgan fingerprint density at radius 1 is 1.36 bits per heavy atom. The maximum atomic E-state index is 12.0. The molecule has 0 unspecified atom stereocenters. The van der Waals surface area contributed by atoms with Gasteiger partial charge in [0.15, 0.2) is 0 Å². The van der Waals surface area contributed by atoms with Crippen molar-refractivity contribution in [2.24, 2.45) is 5.92 Å². The number of piperidine rings is 1. The highest BCUT2D eigenvalue weighted by molar-refractivity contribution is 5.68. The van der Waals surface area contributed by atoms with Crippen LogP contribution >= 0.6 is 0 Å². The van der Waals surface area contributed by atoms with E-state index in [0.29, 0.717) is 18.4 Å². The summed E-state index contributed by atoms with van der Waals surface area (Å²) in [7, 11) is 0. The molecule has 1 aromatic rings. The minimum absolute atomic E-state index is 0.215. The molecule has 1 saturated heterocycles. The summed E-state index contributed by atoms with van der Waals surface area (Å²) in [6, 6.07) is 3.90. The zero-order chi connectivity index (χ0) is 16.2. The van der Waals surface area contributed by atoms with Gasteiger partial charge < -0.3 is 14.4 Å². The van der Waals surface area contributed by atoms with Crippen LogP contribution in [0.4, 0.5) is 4.79 Å². The molecule has 0 atom stereocenters. The second-order valence-corrected chi connectivity index (χ2v) is 6.85. The first-order chi connectivity index (χ1) is 10.3. The molecule has 0 saturated carbocycles. The summed E-state index contributed by atoms with van der Waals surface area (Å²) in [5, 5.41) is 0. The molecule has 22 heavy (non-hydrogen) atoms. The second kappa shape index (κ2) is 6.99. The first kappa shape index (κ1) is 16.6. The molecule has 0 spiro atoms. The predicted molar refractivity (Wildman–Crippen MR) is 85.0 cm³/mol. The standard InChI is InChI=1S/C17H26N2O3/c1-13-6-5-9-18-15(13)21-12-14-7-10-19(11-8-14)16(20)22-17(2,3)4/h5-6,9,14H,7-8,10-12H2,1-4H3. The zero-order valence-electron chi connectivity index (χ0n) is 14.0. The fourth-order valence-electron chi connectivity index (χ4n) is 2.43. The Morgan fingerprint density at radius 2 is 2.05 bits per heavy atom. The van der Waals surface area contributed by atoms with Crippen molar-refractivity contribution in [1.29, 1.82) is 0 Å². The fourth-order valence-corrected chi connectivity index (χ4v) is 2.43. The van der Waals surface area contributed by atoms with Gasteiger partial charge in [-0.25, -0.2) is 9.78 Å². The molecule has 0 aromatic carbocycles. The van der Waals surface area contributed by atoms with Crippen LogP contribution in [0.5, 0.6) is 5.88 Å². The Morgan fingerprint density at radius 3 is 2.64 bits per heavy atom. The first-order valence-corrected chi connectivity index (χ1v) is 7.87. The molecule has 1 aromatic heterocycles. The summed E-state index contributed by atoms with van der Waals surface area (Å²) in [6.45, 7) is 9.77. The SMILES string of the molecule is Cc1cccnc1OCC1CCN(C(=O)OC(C)(C)C)CC1. The van der Waals surface area contributed by atoms with E-state index in [4.69, 9.17) is 9.47 Å². The van der Waals surface area contributed by atoms with Crippen LogP contribution in [-0.4, -0.2) is 41.3 Å². The lowest BCUT2D eigenvalue weighted by atomic mass is 9.98. The third kappa shape index (κ3) is 4.90. The number of hydrogen-bond acceptors (Lipinski definition) is 4. The van der Waals surface area contributed by atoms with E-state index in [1.54, 1.807) is 11.1 Å². The van der Waals surface area contributed by atoms with E-state index in [1.807, 2.05) is 39.8 Å². The van der Waals surface area contributed by atoms with Gasteiger partial charge in [0.25, 0.3) is 0 Å². The van der Waals surface area contributed by atoms with E-state index < -0.39 is 5.60 Å². The number of ether oxygens (including phenoxy) is 2. The van der Waals surface area contributed by atoms with Crippen molar-refractivity contribution in [1.82, 2.24) is 9.88 Å². The van der Waals surface area contributed by atoms with Crippen molar-refractivity contribution in [3.8, 4) is 5.88 Å². The molecule has 0 radical (unpaired) electrons. The number of pyridine rings is 1. The largest absolute Gasteiger partial charge is 0.477 e. The van der Waals surface area contributed by atoms with E-state index in [-0.39, 0.29) is 6.09 Å². The predicted octanol–water partition coefficient (Wildman–Crippen LogP) is 3.42. The highest BCUT2D eigenvalue weighted by Crippen LogP contribution is 2.21. The monoisotopic (exact) mass is 306 g/mol. The number of likely N-dealkylation sites (tertiary alicyclic amines) is 1. The molecule has 2 heterocycles. The molecule has 1 fully saturated rings. The molecular formula is C17H26N2O3. The maximum Gasteiger partial charge on any atom is 0.410 e. The summed E-state index contributed by atoms with van der Waals surface area (Å²) in [4.78, 5) is 18.0. The number of carbonyl (C=O) groups excluding carboxylic acids is 1. The fraction of sp³-hybridized carbons (Fsp3) is 0.647. The van der Waals surface area contributed by atoms with Gasteiger partial charge >= 0.3 is 6.09 Å². The molecular weight excluding hydrogens is 280 g/mol. The van der Waals surface area contributed by atoms with Crippen LogP contribution in [0.3, 0.4) is 0 Å². The lowest BCUT2D eigenvalue weighted by Crippen LogP contribution is -2.42. The molecule has 2 rings (SSSR count). The number of amides is 1. The highest BCUT2D eigenvalue weighted by atomic mass is 16.6. The van der Waals surface area contributed by atoms with Crippen LogP contribution in [0.15, 0.2) is 18.3 Å². The molecule has 1 aliphatic heterocycles. The summed E-state index contributed by atoms with van der Waals surface area (Å²) in [6.07, 6.45) is 3.40. The molecule has 0 bridgehead atoms. The van der Waals surface area contributed by atoms with Crippen molar-refractivity contribution in [3.63, 3.8) is 0 Å². The van der Waals surface area contributed by atoms with Gasteiger partial charge in [0.2, 0.25) is 5.88 Å². The van der Waals surface area contributed by atoms with Crippen molar-refractivity contribution < 1.29 is 14.3 Å². The third-order valence-electron chi connectivity index (χ3n) is 3.68. The van der Waals surface area contributed by atoms with E-state index in [0.717, 1.165) is 31.5 Å². The zero-order valence-corrected chi connectivity index (χ0v) is 14.0. The van der Waals surface area contributed by atoms with Gasteiger partial charge in [0.1, 0.15) is 5.60 Å². The summed E-state index contributed by atoms with van der Waals surface area (Å²) < 4.78 is 11.2. The number of aromatic nitrogens is 1. The molecule has 1 aliphatic rings. The second-order valence-electron chi connectivity index (χ2n) is 6.85. The summed E-state index contributed by atoms with van der Waals surface area (Å²) >= 11 is 0. The number of rotatable bonds is 3. The number of aryl methyl sites for hydroxylation is 1. The highest BCUT2D eigenvalue weighted by Gasteiger charge is 2.27. The smallest absolute Gasteiger partial charge is 0.410 e. The minimum Gasteiger partial charge on any atom is -0.477 e. The Labute approximate surface area is 132 Å². The van der Waals surface area contributed by atoms with Crippen LogP contribution in [-0.2, 0) is 4.74 Å². The van der Waals surface area contributed by atoms with E-state index >= 15 is 0 Å². The topological polar surface area (TPSA) is 51.7 Å². The van der Waals surface area contributed by atoms with Crippen LogP contribution in [0, 0.1) is 12.8 Å². The van der Waals surface area contributed by atoms with Crippen molar-refractivity contribution >= 4 is 6.09 Å². The lowest BCUT2D eigenvalue weighted by molar-refractivity contribution is 0.0164. The van der Waals surface area contributed by atoms with Crippen molar-refractivity contribution in [3.05, 3.63) is 23.9 Å². The van der Waals surface area contributed by atoms with Crippen LogP contribution < -0.4 is 4.74 Å². The maximum absolute atomic E-state index is 12.0. The van der Waals surface area contributed by atoms with Gasteiger partial charge in [-0.15, -0.1) is 0 Å². The quantitative estimate of drug-likeness (QED) is 0.858. The van der Waals surface area contributed by atoms with Crippen molar-refractivity contribution in [2.45, 2.75) is 46.1 Å². The average Bonchev–Trinajstić information content (AvgIpc) is 2.45. The van der Waals surface area contributed by atoms with E-state index in [9.17, 15) is 4.79 Å². The van der Waals surface area contributed by atoms with Gasteiger partial charge in [-0.05, 0) is 52.5 Å². The van der Waals surface area contributed by atoms with Crippen LogP contribution in [0.25, 0.3) is 0 Å². The van der Waals surface area contributed by atoms with E-state index in [2.05, 4.69) is 4.98 Å². The number of carbonyl (C=O) groups is 1. The Balaban J connectivity index is 1.76. The van der Waals surface area contributed by atoms with E-state index in [1.165, 1.54) is 0 Å². The first-order valence-electron chi connectivity index (χ1n) is 7.87.